The van der Waals surface area contributed by atoms with E-state index >= 15 is 0 Å². The van der Waals surface area contributed by atoms with Crippen LogP contribution in [0, 0.1) is 0 Å². The molecule has 0 spiro atoms. The van der Waals surface area contributed by atoms with E-state index in [0.29, 0.717) is 11.7 Å². The lowest BCUT2D eigenvalue weighted by Gasteiger charge is -2.09. The van der Waals surface area contributed by atoms with Crippen LogP contribution >= 0.6 is 11.6 Å². The second-order valence-corrected chi connectivity index (χ2v) is 4.32. The number of nitrogens with one attached hydrogen (secondary N) is 1. The molecular weight excluding hydrogens is 250 g/mol. The first kappa shape index (κ1) is 12.9. The zero-order chi connectivity index (χ0) is 13.1. The normalized spacial score (nSPS) is 10.7. The number of benzene rings is 1. The molecule has 0 radical (unpaired) electrons. The van der Waals surface area contributed by atoms with E-state index in [2.05, 4.69) is 10.3 Å². The van der Waals surface area contributed by atoms with Crippen molar-refractivity contribution in [2.45, 2.75) is 6.54 Å². The summed E-state index contributed by atoms with van der Waals surface area (Å²) in [6, 6.07) is 7.77. The Morgan fingerprint density at radius 2 is 2.11 bits per heavy atom. The molecule has 0 bridgehead atoms. The average molecular weight is 266 g/mol. The number of aromatic nitrogens is 2. The van der Waals surface area contributed by atoms with Crippen LogP contribution in [0.4, 0.5) is 0 Å². The number of para-hydroxylation sites is 1. The molecule has 4 nitrogen and oxygen atoms in total. The quantitative estimate of drug-likeness (QED) is 0.923. The van der Waals surface area contributed by atoms with Gasteiger partial charge in [-0.2, -0.15) is 0 Å². The molecule has 2 aromatic rings. The van der Waals surface area contributed by atoms with Gasteiger partial charge in [0.15, 0.2) is 5.15 Å². The number of hydrogen-bond donors (Lipinski definition) is 1. The van der Waals surface area contributed by atoms with Gasteiger partial charge in [0.05, 0.1) is 18.4 Å². The van der Waals surface area contributed by atoms with Gasteiger partial charge >= 0.3 is 0 Å². The summed E-state index contributed by atoms with van der Waals surface area (Å²) in [5.74, 6) is 1.60. The van der Waals surface area contributed by atoms with Gasteiger partial charge in [-0.05, 0) is 19.2 Å². The van der Waals surface area contributed by atoms with Crippen molar-refractivity contribution in [1.82, 2.24) is 14.9 Å². The molecule has 2 rings (SSSR count). The van der Waals surface area contributed by atoms with E-state index < -0.39 is 0 Å². The maximum absolute atomic E-state index is 6.16. The van der Waals surface area contributed by atoms with E-state index in [1.807, 2.05) is 42.9 Å². The molecule has 1 heterocycles. The van der Waals surface area contributed by atoms with Gasteiger partial charge in [0.25, 0.3) is 0 Å². The third kappa shape index (κ3) is 2.21. The van der Waals surface area contributed by atoms with E-state index in [-0.39, 0.29) is 0 Å². The minimum Gasteiger partial charge on any atom is -0.496 e. The number of methoxy groups -OCH3 is 1. The lowest BCUT2D eigenvalue weighted by atomic mass is 10.2. The van der Waals surface area contributed by atoms with Gasteiger partial charge in [-0.25, -0.2) is 4.98 Å². The summed E-state index contributed by atoms with van der Waals surface area (Å²) in [5.41, 5.74) is 1.90. The zero-order valence-corrected chi connectivity index (χ0v) is 11.5. The Hall–Kier alpha value is -1.52. The van der Waals surface area contributed by atoms with E-state index in [0.717, 1.165) is 22.8 Å². The Bertz CT molecular complexity index is 551. The largest absolute Gasteiger partial charge is 0.496 e. The molecule has 0 aliphatic heterocycles. The van der Waals surface area contributed by atoms with Gasteiger partial charge in [-0.1, -0.05) is 23.7 Å². The van der Waals surface area contributed by atoms with Crippen LogP contribution in [0.5, 0.6) is 5.75 Å². The predicted octanol–water partition coefficient (Wildman–Crippen LogP) is 2.47. The third-order valence-electron chi connectivity index (χ3n) is 2.86. The molecule has 0 unspecified atom stereocenters. The maximum Gasteiger partial charge on any atom is 0.152 e. The van der Waals surface area contributed by atoms with Crippen LogP contribution < -0.4 is 10.1 Å². The Balaban J connectivity index is 2.54. The number of halogens is 1. The molecule has 0 saturated heterocycles. The molecule has 1 N–H and O–H groups in total. The Kier molecular flexibility index (Phi) is 3.89. The molecule has 5 heteroatoms. The summed E-state index contributed by atoms with van der Waals surface area (Å²) in [5, 5.41) is 3.60. The van der Waals surface area contributed by atoms with Crippen molar-refractivity contribution in [2.75, 3.05) is 14.2 Å². The molecular formula is C13H16ClN3O. The van der Waals surface area contributed by atoms with Gasteiger partial charge in [0.1, 0.15) is 11.6 Å². The summed E-state index contributed by atoms with van der Waals surface area (Å²) in [6.45, 7) is 0.678. The standard InChI is InChI=1S/C13H16ClN3O/c1-15-8-10-12(14)16-13(17(10)2)9-6-4-5-7-11(9)18-3/h4-7,15H,8H2,1-3H3. The fourth-order valence-corrected chi connectivity index (χ4v) is 2.20. The summed E-state index contributed by atoms with van der Waals surface area (Å²) >= 11 is 6.16. The third-order valence-corrected chi connectivity index (χ3v) is 3.16. The average Bonchev–Trinajstić information content (AvgIpc) is 2.67. The fourth-order valence-electron chi connectivity index (χ4n) is 1.93. The van der Waals surface area contributed by atoms with Crippen LogP contribution in [-0.4, -0.2) is 23.7 Å². The monoisotopic (exact) mass is 265 g/mol. The Morgan fingerprint density at radius 1 is 1.39 bits per heavy atom. The van der Waals surface area contributed by atoms with Crippen molar-refractivity contribution < 1.29 is 4.74 Å². The van der Waals surface area contributed by atoms with Gasteiger partial charge in [-0.3, -0.25) is 0 Å². The summed E-state index contributed by atoms with van der Waals surface area (Å²) in [6.07, 6.45) is 0. The smallest absolute Gasteiger partial charge is 0.152 e. The number of rotatable bonds is 4. The molecule has 1 aromatic heterocycles. The van der Waals surface area contributed by atoms with E-state index in [1.54, 1.807) is 7.11 Å². The highest BCUT2D eigenvalue weighted by molar-refractivity contribution is 6.30. The number of nitrogens with zero attached hydrogens (tertiary/aromatic N) is 2. The molecule has 0 fully saturated rings. The van der Waals surface area contributed by atoms with Gasteiger partial charge in [-0.15, -0.1) is 0 Å². The molecule has 0 saturated carbocycles. The maximum atomic E-state index is 6.16. The van der Waals surface area contributed by atoms with Crippen LogP contribution in [0.25, 0.3) is 11.4 Å². The first-order chi connectivity index (χ1) is 8.69. The topological polar surface area (TPSA) is 39.1 Å². The minimum atomic E-state index is 0.521. The highest BCUT2D eigenvalue weighted by Crippen LogP contribution is 2.31. The van der Waals surface area contributed by atoms with Crippen LogP contribution in [-0.2, 0) is 13.6 Å². The molecule has 0 aliphatic carbocycles. The molecule has 0 aliphatic rings. The van der Waals surface area contributed by atoms with Gasteiger partial charge in [0, 0.05) is 13.6 Å². The summed E-state index contributed by atoms with van der Waals surface area (Å²) in [4.78, 5) is 4.42. The summed E-state index contributed by atoms with van der Waals surface area (Å²) in [7, 11) is 5.48. The van der Waals surface area contributed by atoms with Crippen LogP contribution in [0.1, 0.15) is 5.69 Å². The Morgan fingerprint density at radius 3 is 2.78 bits per heavy atom. The van der Waals surface area contributed by atoms with Gasteiger partial charge < -0.3 is 14.6 Å². The van der Waals surface area contributed by atoms with Crippen LogP contribution in [0.2, 0.25) is 5.15 Å². The first-order valence-corrected chi connectivity index (χ1v) is 6.06. The van der Waals surface area contributed by atoms with E-state index in [1.165, 1.54) is 0 Å². The fraction of sp³-hybridized carbons (Fsp3) is 0.308. The lowest BCUT2D eigenvalue weighted by molar-refractivity contribution is 0.416. The zero-order valence-electron chi connectivity index (χ0n) is 10.7. The second-order valence-electron chi connectivity index (χ2n) is 3.96. The highest BCUT2D eigenvalue weighted by atomic mass is 35.5. The molecule has 0 amide bonds. The SMILES string of the molecule is CNCc1c(Cl)nc(-c2ccccc2OC)n1C. The molecule has 18 heavy (non-hydrogen) atoms. The highest BCUT2D eigenvalue weighted by Gasteiger charge is 2.16. The predicted molar refractivity (Wildman–Crippen MR) is 73.0 cm³/mol. The van der Waals surface area contributed by atoms with Gasteiger partial charge in [0.2, 0.25) is 0 Å². The van der Waals surface area contributed by atoms with Crippen molar-refractivity contribution in [3.63, 3.8) is 0 Å². The van der Waals surface area contributed by atoms with Crippen molar-refractivity contribution >= 4 is 11.6 Å². The minimum absolute atomic E-state index is 0.521. The number of hydrogen-bond acceptors (Lipinski definition) is 3. The van der Waals surface area contributed by atoms with Crippen LogP contribution in [0.3, 0.4) is 0 Å². The van der Waals surface area contributed by atoms with Crippen LogP contribution in [0.15, 0.2) is 24.3 Å². The van der Waals surface area contributed by atoms with Crippen molar-refractivity contribution in [3.8, 4) is 17.1 Å². The number of ether oxygens (including phenoxy) is 1. The molecule has 0 atom stereocenters. The molecule has 1 aromatic carbocycles. The second kappa shape index (κ2) is 5.42. The number of imidazole rings is 1. The lowest BCUT2D eigenvalue weighted by Crippen LogP contribution is -2.10. The van der Waals surface area contributed by atoms with Crippen molar-refractivity contribution in [2.24, 2.45) is 7.05 Å². The van der Waals surface area contributed by atoms with E-state index in [9.17, 15) is 0 Å². The summed E-state index contributed by atoms with van der Waals surface area (Å²) < 4.78 is 7.33. The first-order valence-electron chi connectivity index (χ1n) is 5.68. The van der Waals surface area contributed by atoms with Crippen molar-refractivity contribution in [3.05, 3.63) is 35.1 Å². The Labute approximate surface area is 112 Å². The van der Waals surface area contributed by atoms with Crippen molar-refractivity contribution in [1.29, 1.82) is 0 Å². The molecule has 96 valence electrons. The van der Waals surface area contributed by atoms with E-state index in [4.69, 9.17) is 16.3 Å².